The fraction of sp³-hybridized carbons (Fsp3) is 0.952. The van der Waals surface area contributed by atoms with Crippen LogP contribution in [0, 0.1) is 40.4 Å². The Morgan fingerprint density at radius 2 is 1.71 bits per heavy atom. The van der Waals surface area contributed by atoms with Crippen LogP contribution < -0.4 is 0 Å². The first kappa shape index (κ1) is 17.0. The molecule has 0 saturated heterocycles. The predicted octanol–water partition coefficient (Wildman–Crippen LogP) is 3.92. The summed E-state index contributed by atoms with van der Waals surface area (Å²) in [4.78, 5) is 12.1. The van der Waals surface area contributed by atoms with Gasteiger partial charge in [0.05, 0.1) is 0 Å². The van der Waals surface area contributed by atoms with Gasteiger partial charge in [0, 0.05) is 12.8 Å². The standard InChI is InChI=1S/C21H34O3/c1-4-13-6-8-16-15-7-5-14-11-18(22)21(23,24)12-20(14,3)17(15)9-10-19(13,16)2/h13-17,23-24H,4-12H2,1-3H3/t13-,14?,15-,16-,17-,19+,20-/m0/s1. The minimum atomic E-state index is -2.09. The zero-order valence-corrected chi connectivity index (χ0v) is 15.6. The van der Waals surface area contributed by atoms with Gasteiger partial charge in [0.15, 0.2) is 5.78 Å². The molecule has 0 aromatic heterocycles. The fourth-order valence-corrected chi connectivity index (χ4v) is 7.94. The van der Waals surface area contributed by atoms with Crippen LogP contribution in [0.3, 0.4) is 0 Å². The summed E-state index contributed by atoms with van der Waals surface area (Å²) in [5.41, 5.74) is 0.422. The van der Waals surface area contributed by atoms with Crippen molar-refractivity contribution in [2.45, 2.75) is 84.3 Å². The smallest absolute Gasteiger partial charge is 0.224 e. The maximum Gasteiger partial charge on any atom is 0.224 e. The first-order valence-electron chi connectivity index (χ1n) is 10.2. The van der Waals surface area contributed by atoms with Crippen molar-refractivity contribution in [1.29, 1.82) is 0 Å². The molecule has 2 N–H and O–H groups in total. The fourth-order valence-electron chi connectivity index (χ4n) is 7.94. The second-order valence-electron chi connectivity index (χ2n) is 10.0. The third-order valence-corrected chi connectivity index (χ3v) is 9.26. The monoisotopic (exact) mass is 334 g/mol. The summed E-state index contributed by atoms with van der Waals surface area (Å²) in [5.74, 6) is 0.889. The third kappa shape index (κ3) is 2.13. The summed E-state index contributed by atoms with van der Waals surface area (Å²) in [6, 6.07) is 0. The van der Waals surface area contributed by atoms with E-state index >= 15 is 0 Å². The van der Waals surface area contributed by atoms with Gasteiger partial charge in [0.1, 0.15) is 0 Å². The Morgan fingerprint density at radius 1 is 1.00 bits per heavy atom. The predicted molar refractivity (Wildman–Crippen MR) is 93.1 cm³/mol. The molecule has 0 aromatic carbocycles. The average Bonchev–Trinajstić information content (AvgIpc) is 2.85. The number of aliphatic hydroxyl groups is 2. The summed E-state index contributed by atoms with van der Waals surface area (Å²) in [6.45, 7) is 7.15. The Balaban J connectivity index is 1.65. The maximum atomic E-state index is 12.1. The van der Waals surface area contributed by atoms with Gasteiger partial charge in [-0.1, -0.05) is 27.2 Å². The summed E-state index contributed by atoms with van der Waals surface area (Å²) in [5, 5.41) is 20.5. The molecule has 0 bridgehead atoms. The van der Waals surface area contributed by atoms with Crippen molar-refractivity contribution in [3.63, 3.8) is 0 Å². The van der Waals surface area contributed by atoms with Gasteiger partial charge in [-0.3, -0.25) is 4.79 Å². The molecule has 0 heterocycles. The second-order valence-corrected chi connectivity index (χ2v) is 10.0. The number of carbonyl (C=O) groups is 1. The van der Waals surface area contributed by atoms with Crippen molar-refractivity contribution in [2.24, 2.45) is 40.4 Å². The van der Waals surface area contributed by atoms with E-state index in [-0.39, 0.29) is 17.6 Å². The minimum Gasteiger partial charge on any atom is -0.360 e. The van der Waals surface area contributed by atoms with Gasteiger partial charge in [-0.15, -0.1) is 0 Å². The number of hydrogen-bond donors (Lipinski definition) is 2. The molecule has 24 heavy (non-hydrogen) atoms. The van der Waals surface area contributed by atoms with Crippen LogP contribution >= 0.6 is 0 Å². The average molecular weight is 335 g/mol. The minimum absolute atomic E-state index is 0.0774. The lowest BCUT2D eigenvalue weighted by Crippen LogP contribution is -2.59. The molecule has 4 aliphatic rings. The van der Waals surface area contributed by atoms with Crippen LogP contribution in [0.15, 0.2) is 0 Å². The number of carbonyl (C=O) groups excluding carboxylic acids is 1. The number of fused-ring (bicyclic) bond motifs is 5. The van der Waals surface area contributed by atoms with Crippen LogP contribution in [0.25, 0.3) is 0 Å². The Labute approximate surface area is 146 Å². The molecule has 1 unspecified atom stereocenters. The molecule has 0 spiro atoms. The molecule has 3 nitrogen and oxygen atoms in total. The van der Waals surface area contributed by atoms with Gasteiger partial charge in [-0.2, -0.15) is 0 Å². The quantitative estimate of drug-likeness (QED) is 0.715. The molecule has 136 valence electrons. The number of Topliss-reactive ketones (excluding diaryl/α,β-unsaturated/α-hetero) is 1. The number of rotatable bonds is 1. The van der Waals surface area contributed by atoms with E-state index in [0.29, 0.717) is 23.7 Å². The molecule has 0 amide bonds. The number of ketones is 1. The molecular weight excluding hydrogens is 300 g/mol. The van der Waals surface area contributed by atoms with E-state index in [0.717, 1.165) is 24.2 Å². The van der Waals surface area contributed by atoms with Gasteiger partial charge < -0.3 is 10.2 Å². The SMILES string of the molecule is CC[C@H]1CC[C@H]2[C@@H]3CCC4CC(=O)C(O)(O)C[C@]4(C)[C@H]3CC[C@]12C. The zero-order valence-electron chi connectivity index (χ0n) is 15.6. The highest BCUT2D eigenvalue weighted by molar-refractivity contribution is 5.86. The van der Waals surface area contributed by atoms with Crippen molar-refractivity contribution in [1.82, 2.24) is 0 Å². The van der Waals surface area contributed by atoms with Gasteiger partial charge in [0.2, 0.25) is 5.79 Å². The molecule has 7 atom stereocenters. The van der Waals surface area contributed by atoms with Crippen molar-refractivity contribution in [2.75, 3.05) is 0 Å². The van der Waals surface area contributed by atoms with Crippen molar-refractivity contribution in [3.8, 4) is 0 Å². The van der Waals surface area contributed by atoms with Gasteiger partial charge in [0.25, 0.3) is 0 Å². The Morgan fingerprint density at radius 3 is 2.42 bits per heavy atom. The molecule has 4 saturated carbocycles. The lowest BCUT2D eigenvalue weighted by Gasteiger charge is -2.61. The molecule has 3 heteroatoms. The molecule has 4 rings (SSSR count). The van der Waals surface area contributed by atoms with E-state index in [2.05, 4.69) is 20.8 Å². The second kappa shape index (κ2) is 5.30. The third-order valence-electron chi connectivity index (χ3n) is 9.26. The highest BCUT2D eigenvalue weighted by atomic mass is 16.5. The van der Waals surface area contributed by atoms with Gasteiger partial charge in [-0.05, 0) is 78.9 Å². The largest absolute Gasteiger partial charge is 0.360 e. The van der Waals surface area contributed by atoms with E-state index in [1.54, 1.807) is 0 Å². The van der Waals surface area contributed by atoms with Crippen molar-refractivity contribution in [3.05, 3.63) is 0 Å². The lowest BCUT2D eigenvalue weighted by molar-refractivity contribution is -0.229. The first-order chi connectivity index (χ1) is 11.2. The summed E-state index contributed by atoms with van der Waals surface area (Å²) in [7, 11) is 0. The van der Waals surface area contributed by atoms with E-state index < -0.39 is 5.79 Å². The van der Waals surface area contributed by atoms with E-state index in [4.69, 9.17) is 0 Å². The van der Waals surface area contributed by atoms with Crippen molar-refractivity contribution >= 4 is 5.78 Å². The van der Waals surface area contributed by atoms with Crippen molar-refractivity contribution < 1.29 is 15.0 Å². The first-order valence-corrected chi connectivity index (χ1v) is 10.2. The summed E-state index contributed by atoms with van der Waals surface area (Å²) in [6.07, 6.45) is 9.51. The Hall–Kier alpha value is -0.410. The van der Waals surface area contributed by atoms with E-state index in [1.807, 2.05) is 0 Å². The lowest BCUT2D eigenvalue weighted by atomic mass is 9.44. The topological polar surface area (TPSA) is 57.5 Å². The zero-order chi connectivity index (χ0) is 17.3. The molecule has 0 aliphatic heterocycles. The number of hydrogen-bond acceptors (Lipinski definition) is 3. The van der Waals surface area contributed by atoms with Crippen LogP contribution in [0.4, 0.5) is 0 Å². The summed E-state index contributed by atoms with van der Waals surface area (Å²) >= 11 is 0. The molecule has 0 aromatic rings. The van der Waals surface area contributed by atoms with Crippen LogP contribution in [0.1, 0.15) is 78.6 Å². The highest BCUT2D eigenvalue weighted by Crippen LogP contribution is 2.68. The molecule has 4 aliphatic carbocycles. The Kier molecular flexibility index (Phi) is 3.76. The van der Waals surface area contributed by atoms with E-state index in [9.17, 15) is 15.0 Å². The van der Waals surface area contributed by atoms with Crippen LogP contribution in [-0.4, -0.2) is 21.8 Å². The maximum absolute atomic E-state index is 12.1. The summed E-state index contributed by atoms with van der Waals surface area (Å²) < 4.78 is 0. The Bertz CT molecular complexity index is 541. The molecule has 0 radical (unpaired) electrons. The normalized spacial score (nSPS) is 53.2. The van der Waals surface area contributed by atoms with Crippen LogP contribution in [0.5, 0.6) is 0 Å². The van der Waals surface area contributed by atoms with Gasteiger partial charge in [-0.25, -0.2) is 0 Å². The van der Waals surface area contributed by atoms with E-state index in [1.165, 1.54) is 38.5 Å². The van der Waals surface area contributed by atoms with Gasteiger partial charge >= 0.3 is 0 Å². The van der Waals surface area contributed by atoms with Crippen LogP contribution in [-0.2, 0) is 4.79 Å². The molecular formula is C21H34O3. The molecule has 4 fully saturated rings. The highest BCUT2D eigenvalue weighted by Gasteiger charge is 2.62. The van der Waals surface area contributed by atoms with Crippen LogP contribution in [0.2, 0.25) is 0 Å².